The van der Waals surface area contributed by atoms with E-state index in [4.69, 9.17) is 5.73 Å². The average Bonchev–Trinajstić information content (AvgIpc) is 2.30. The molecule has 2 N–H and O–H groups in total. The van der Waals surface area contributed by atoms with Crippen LogP contribution in [0.5, 0.6) is 0 Å². The molecule has 0 amide bonds. The molecule has 1 aliphatic heterocycles. The lowest BCUT2D eigenvalue weighted by Gasteiger charge is -2.05. The van der Waals surface area contributed by atoms with Crippen molar-refractivity contribution in [2.45, 2.75) is 12.8 Å². The van der Waals surface area contributed by atoms with Crippen molar-refractivity contribution in [2.75, 3.05) is 6.54 Å². The van der Waals surface area contributed by atoms with Crippen molar-refractivity contribution in [1.29, 1.82) is 0 Å². The number of hydrogen-bond donors (Lipinski definition) is 1. The highest BCUT2D eigenvalue weighted by atomic mass is 19.1. The molecule has 0 unspecified atom stereocenters. The molecule has 0 radical (unpaired) electrons. The lowest BCUT2D eigenvalue weighted by molar-refractivity contribution is 0.606. The summed E-state index contributed by atoms with van der Waals surface area (Å²) >= 11 is 0. The van der Waals surface area contributed by atoms with E-state index in [0.717, 1.165) is 18.4 Å². The first-order chi connectivity index (χ1) is 6.29. The van der Waals surface area contributed by atoms with Crippen LogP contribution >= 0.6 is 0 Å². The first kappa shape index (κ1) is 8.23. The van der Waals surface area contributed by atoms with E-state index in [0.29, 0.717) is 17.9 Å². The van der Waals surface area contributed by atoms with Crippen LogP contribution in [0, 0.1) is 5.82 Å². The van der Waals surface area contributed by atoms with Crippen molar-refractivity contribution < 1.29 is 4.39 Å². The molecule has 0 atom stereocenters. The van der Waals surface area contributed by atoms with Crippen LogP contribution in [0.15, 0.2) is 23.2 Å². The fourth-order valence-corrected chi connectivity index (χ4v) is 1.59. The Hall–Kier alpha value is -1.38. The third kappa shape index (κ3) is 1.41. The molecule has 68 valence electrons. The zero-order valence-corrected chi connectivity index (χ0v) is 7.26. The van der Waals surface area contributed by atoms with E-state index >= 15 is 0 Å². The zero-order chi connectivity index (χ0) is 9.26. The lowest BCUT2D eigenvalue weighted by atomic mass is 10.0. The molecule has 2 nitrogen and oxygen atoms in total. The number of nitrogens with zero attached hydrogens (tertiary/aromatic N) is 1. The van der Waals surface area contributed by atoms with E-state index in [-0.39, 0.29) is 5.82 Å². The predicted octanol–water partition coefficient (Wildman–Crippen LogP) is 1.48. The van der Waals surface area contributed by atoms with Gasteiger partial charge in [0.05, 0.1) is 0 Å². The van der Waals surface area contributed by atoms with Crippen LogP contribution in [0.25, 0.3) is 0 Å². The van der Waals surface area contributed by atoms with Gasteiger partial charge in [0, 0.05) is 12.1 Å². The second kappa shape index (κ2) is 3.17. The maximum absolute atomic E-state index is 13.3. The monoisotopic (exact) mass is 178 g/mol. The molecule has 0 spiro atoms. The molecular formula is C10H11FN2. The molecular weight excluding hydrogens is 167 g/mol. The highest BCUT2D eigenvalue weighted by Gasteiger charge is 2.13. The van der Waals surface area contributed by atoms with Crippen LogP contribution in [0.4, 0.5) is 4.39 Å². The minimum atomic E-state index is -0.169. The van der Waals surface area contributed by atoms with Crippen LogP contribution in [0.3, 0.4) is 0 Å². The van der Waals surface area contributed by atoms with E-state index in [1.54, 1.807) is 6.07 Å². The fraction of sp³-hybridized carbons (Fsp3) is 0.300. The number of hydrogen-bond acceptors (Lipinski definition) is 2. The highest BCUT2D eigenvalue weighted by Crippen LogP contribution is 2.17. The van der Waals surface area contributed by atoms with Crippen LogP contribution in [0.1, 0.15) is 17.5 Å². The largest absolute Gasteiger partial charge is 0.383 e. The van der Waals surface area contributed by atoms with E-state index in [1.807, 2.05) is 6.07 Å². The molecule has 1 aromatic rings. The zero-order valence-electron chi connectivity index (χ0n) is 7.26. The predicted molar refractivity (Wildman–Crippen MR) is 50.3 cm³/mol. The Morgan fingerprint density at radius 3 is 3.08 bits per heavy atom. The molecule has 0 saturated carbocycles. The molecule has 13 heavy (non-hydrogen) atoms. The number of benzene rings is 1. The van der Waals surface area contributed by atoms with Gasteiger partial charge in [-0.1, -0.05) is 12.1 Å². The van der Waals surface area contributed by atoms with Gasteiger partial charge in [-0.25, -0.2) is 4.39 Å². The van der Waals surface area contributed by atoms with Crippen molar-refractivity contribution in [3.63, 3.8) is 0 Å². The Kier molecular flexibility index (Phi) is 2.00. The molecule has 0 fully saturated rings. The van der Waals surface area contributed by atoms with E-state index in [9.17, 15) is 4.39 Å². The van der Waals surface area contributed by atoms with Crippen LogP contribution in [-0.4, -0.2) is 12.4 Å². The second-order valence-corrected chi connectivity index (χ2v) is 3.14. The van der Waals surface area contributed by atoms with Gasteiger partial charge in [-0.05, 0) is 24.5 Å². The van der Waals surface area contributed by atoms with Gasteiger partial charge in [-0.2, -0.15) is 0 Å². The first-order valence-electron chi connectivity index (χ1n) is 4.37. The Morgan fingerprint density at radius 1 is 1.38 bits per heavy atom. The number of fused-ring (bicyclic) bond motifs is 1. The number of nitrogens with two attached hydrogens (primary N) is 1. The average molecular weight is 178 g/mol. The molecule has 0 aromatic heterocycles. The molecule has 2 rings (SSSR count). The normalized spacial score (nSPS) is 15.9. The number of aliphatic imine (C=N–C) groups is 1. The Labute approximate surface area is 76.3 Å². The summed E-state index contributed by atoms with van der Waals surface area (Å²) < 4.78 is 13.3. The summed E-state index contributed by atoms with van der Waals surface area (Å²) in [4.78, 5) is 4.13. The molecule has 0 aliphatic carbocycles. The summed E-state index contributed by atoms with van der Waals surface area (Å²) in [6.07, 6.45) is 1.60. The maximum Gasteiger partial charge on any atom is 0.127 e. The van der Waals surface area contributed by atoms with E-state index < -0.39 is 0 Å². The Balaban J connectivity index is 2.58. The van der Waals surface area contributed by atoms with Gasteiger partial charge < -0.3 is 5.73 Å². The van der Waals surface area contributed by atoms with Gasteiger partial charge in [0.15, 0.2) is 0 Å². The second-order valence-electron chi connectivity index (χ2n) is 3.14. The number of rotatable bonds is 0. The molecule has 1 aromatic carbocycles. The third-order valence-electron chi connectivity index (χ3n) is 2.26. The van der Waals surface area contributed by atoms with E-state index in [2.05, 4.69) is 4.99 Å². The minimum Gasteiger partial charge on any atom is -0.383 e. The van der Waals surface area contributed by atoms with Crippen LogP contribution in [-0.2, 0) is 6.42 Å². The van der Waals surface area contributed by atoms with Crippen LogP contribution < -0.4 is 5.73 Å². The smallest absolute Gasteiger partial charge is 0.127 e. The van der Waals surface area contributed by atoms with Crippen molar-refractivity contribution in [2.24, 2.45) is 10.7 Å². The molecule has 3 heteroatoms. The molecule has 0 bridgehead atoms. The van der Waals surface area contributed by atoms with Gasteiger partial charge in [-0.15, -0.1) is 0 Å². The number of halogens is 1. The molecule has 0 saturated heterocycles. The summed E-state index contributed by atoms with van der Waals surface area (Å²) in [5, 5.41) is 0. The highest BCUT2D eigenvalue weighted by molar-refractivity contribution is 5.99. The van der Waals surface area contributed by atoms with Crippen LogP contribution in [0.2, 0.25) is 0 Å². The van der Waals surface area contributed by atoms with Crippen molar-refractivity contribution >= 4 is 5.84 Å². The van der Waals surface area contributed by atoms with Gasteiger partial charge in [-0.3, -0.25) is 4.99 Å². The van der Waals surface area contributed by atoms with Crippen molar-refractivity contribution in [3.05, 3.63) is 35.1 Å². The minimum absolute atomic E-state index is 0.169. The summed E-state index contributed by atoms with van der Waals surface area (Å²) in [7, 11) is 0. The lowest BCUT2D eigenvalue weighted by Crippen LogP contribution is -2.15. The molecule has 1 heterocycles. The van der Waals surface area contributed by atoms with E-state index in [1.165, 1.54) is 6.07 Å². The van der Waals surface area contributed by atoms with Crippen molar-refractivity contribution in [1.82, 2.24) is 0 Å². The maximum atomic E-state index is 13.3. The fourth-order valence-electron chi connectivity index (χ4n) is 1.59. The quantitative estimate of drug-likeness (QED) is 0.642. The summed E-state index contributed by atoms with van der Waals surface area (Å²) in [6.45, 7) is 0.694. The number of amidine groups is 1. The topological polar surface area (TPSA) is 38.4 Å². The van der Waals surface area contributed by atoms with Gasteiger partial charge in [0.2, 0.25) is 0 Å². The first-order valence-corrected chi connectivity index (χ1v) is 4.37. The Morgan fingerprint density at radius 2 is 2.23 bits per heavy atom. The summed E-state index contributed by atoms with van der Waals surface area (Å²) in [5.41, 5.74) is 7.17. The Bertz CT molecular complexity index is 358. The van der Waals surface area contributed by atoms with Crippen molar-refractivity contribution in [3.8, 4) is 0 Å². The molecule has 1 aliphatic rings. The summed E-state index contributed by atoms with van der Waals surface area (Å²) in [6, 6.07) is 4.96. The van der Waals surface area contributed by atoms with Gasteiger partial charge >= 0.3 is 0 Å². The standard InChI is InChI=1S/C10H11FN2/c11-9-5-1-3-8-7(9)4-2-6-13-10(8)12/h1,3,5H,2,4,6H2,(H2,12,13). The third-order valence-corrected chi connectivity index (χ3v) is 2.26. The summed E-state index contributed by atoms with van der Waals surface area (Å²) in [5.74, 6) is 0.296. The van der Waals surface area contributed by atoms with Gasteiger partial charge in [0.25, 0.3) is 0 Å². The SMILES string of the molecule is NC1=NCCCc2c(F)cccc21. The van der Waals surface area contributed by atoms with Gasteiger partial charge in [0.1, 0.15) is 11.7 Å².